The normalized spacial score (nSPS) is 26.4. The monoisotopic (exact) mass is 712 g/mol. The molecule has 0 radical (unpaired) electrons. The van der Waals surface area contributed by atoms with Crippen molar-refractivity contribution >= 4 is 52.5 Å². The van der Waals surface area contributed by atoms with E-state index < -0.39 is 11.8 Å². The second-order valence-electron chi connectivity index (χ2n) is 14.4. The number of fused-ring (bicyclic) bond motifs is 1. The van der Waals surface area contributed by atoms with E-state index in [1.54, 1.807) is 11.3 Å². The summed E-state index contributed by atoms with van der Waals surface area (Å²) in [6, 6.07) is 3.29. The second-order valence-corrected chi connectivity index (χ2v) is 15.8. The van der Waals surface area contributed by atoms with E-state index in [0.717, 1.165) is 55.9 Å². The highest BCUT2D eigenvalue weighted by Gasteiger charge is 2.44. The number of hydrogen-bond acceptors (Lipinski definition) is 7. The van der Waals surface area contributed by atoms with Gasteiger partial charge in [0.15, 0.2) is 0 Å². The van der Waals surface area contributed by atoms with Crippen LogP contribution in [0.4, 0.5) is 10.1 Å². The number of rotatable bonds is 10. The van der Waals surface area contributed by atoms with Gasteiger partial charge in [0.2, 0.25) is 5.91 Å². The number of nitrogens with zero attached hydrogens (tertiary/aromatic N) is 3. The Hall–Kier alpha value is -2.83. The van der Waals surface area contributed by atoms with Crippen LogP contribution in [0.3, 0.4) is 0 Å². The Labute approximate surface area is 296 Å². The Bertz CT molecular complexity index is 1580. The van der Waals surface area contributed by atoms with Crippen LogP contribution in [0.5, 0.6) is 0 Å². The summed E-state index contributed by atoms with van der Waals surface area (Å²) in [5.41, 5.74) is 1.81. The first kappa shape index (κ1) is 34.6. The Morgan fingerprint density at radius 2 is 1.80 bits per heavy atom. The number of aliphatic carboxylic acids is 1. The van der Waals surface area contributed by atoms with Gasteiger partial charge in [-0.25, -0.2) is 4.39 Å². The van der Waals surface area contributed by atoms with Gasteiger partial charge in [0.05, 0.1) is 47.4 Å². The fraction of sp³-hybridized carbons (Fsp3) is 0.595. The van der Waals surface area contributed by atoms with Gasteiger partial charge in [0.1, 0.15) is 5.82 Å². The van der Waals surface area contributed by atoms with Crippen molar-refractivity contribution in [2.75, 3.05) is 44.6 Å². The first-order valence-electron chi connectivity index (χ1n) is 17.9. The average Bonchev–Trinajstić information content (AvgIpc) is 3.71. The van der Waals surface area contributed by atoms with Crippen molar-refractivity contribution in [3.8, 4) is 0 Å². The molecule has 4 fully saturated rings. The number of piperidine rings is 1. The molecule has 5 aliphatic rings. The lowest BCUT2D eigenvalue weighted by molar-refractivity contribution is -0.144. The van der Waals surface area contributed by atoms with Crippen molar-refractivity contribution in [1.29, 1.82) is 0 Å². The van der Waals surface area contributed by atoms with Crippen LogP contribution in [0.1, 0.15) is 84.1 Å². The highest BCUT2D eigenvalue weighted by Crippen LogP contribution is 2.34. The summed E-state index contributed by atoms with van der Waals surface area (Å²) in [4.78, 5) is 46.5. The summed E-state index contributed by atoms with van der Waals surface area (Å²) in [5, 5.41) is 14.1. The number of likely N-dealkylation sites (tertiary alicyclic amines) is 3. The highest BCUT2D eigenvalue weighted by atomic mass is 35.5. The zero-order chi connectivity index (χ0) is 34.1. The smallest absolute Gasteiger partial charge is 0.306 e. The number of hydrogen-bond donors (Lipinski definition) is 2. The average molecular weight is 713 g/mol. The third-order valence-corrected chi connectivity index (χ3v) is 12.7. The van der Waals surface area contributed by atoms with Gasteiger partial charge in [-0.1, -0.05) is 30.2 Å². The minimum absolute atomic E-state index is 0.0197. The number of thiophene rings is 1. The van der Waals surface area contributed by atoms with E-state index in [1.807, 2.05) is 22.4 Å². The number of carboxylic acid groups (broad SMARTS) is 1. The Morgan fingerprint density at radius 1 is 1.02 bits per heavy atom. The van der Waals surface area contributed by atoms with E-state index in [9.17, 15) is 19.5 Å². The summed E-state index contributed by atoms with van der Waals surface area (Å²) in [6.45, 7) is 5.28. The molecule has 2 atom stereocenters. The SMILES string of the molecule is O=C(Nc1cc(F)c(CC(=O)N2C[C@@H](N3CC(N4CCCCC4)C3)C[C@H]2COC2CCC(C(=O)O)CC2)cc1Cl)c1csc2c1C=CCC2. The van der Waals surface area contributed by atoms with Gasteiger partial charge in [-0.15, -0.1) is 11.3 Å². The lowest BCUT2D eigenvalue weighted by Crippen LogP contribution is -2.63. The third kappa shape index (κ3) is 7.76. The van der Waals surface area contributed by atoms with Crippen LogP contribution in [-0.2, 0) is 27.2 Å². The van der Waals surface area contributed by atoms with E-state index in [2.05, 4.69) is 15.1 Å². The Kier molecular flexibility index (Phi) is 10.7. The topological polar surface area (TPSA) is 102 Å². The molecule has 4 heterocycles. The van der Waals surface area contributed by atoms with Crippen LogP contribution in [-0.4, -0.2) is 101 Å². The summed E-state index contributed by atoms with van der Waals surface area (Å²) < 4.78 is 21.9. The maximum absolute atomic E-state index is 15.5. The van der Waals surface area contributed by atoms with Crippen molar-refractivity contribution in [2.45, 2.75) is 94.9 Å². The maximum Gasteiger partial charge on any atom is 0.306 e. The zero-order valence-electron chi connectivity index (χ0n) is 27.9. The van der Waals surface area contributed by atoms with Gasteiger partial charge in [-0.2, -0.15) is 0 Å². The predicted molar refractivity (Wildman–Crippen MR) is 189 cm³/mol. The van der Waals surface area contributed by atoms with Crippen LogP contribution in [0.25, 0.3) is 6.08 Å². The molecule has 49 heavy (non-hydrogen) atoms. The molecule has 2 aromatic rings. The molecule has 0 spiro atoms. The molecule has 3 aliphatic heterocycles. The summed E-state index contributed by atoms with van der Waals surface area (Å²) in [5.74, 6) is -2.17. The first-order valence-corrected chi connectivity index (χ1v) is 19.2. The fourth-order valence-corrected chi connectivity index (χ4v) is 9.56. The zero-order valence-corrected chi connectivity index (χ0v) is 29.5. The molecule has 2 amide bonds. The minimum atomic E-state index is -0.743. The summed E-state index contributed by atoms with van der Waals surface area (Å²) in [7, 11) is 0. The maximum atomic E-state index is 15.5. The molecule has 0 unspecified atom stereocenters. The number of aryl methyl sites for hydroxylation is 1. The number of carbonyl (C=O) groups is 3. The highest BCUT2D eigenvalue weighted by molar-refractivity contribution is 7.10. The molecule has 3 saturated heterocycles. The number of ether oxygens (including phenoxy) is 1. The quantitative estimate of drug-likeness (QED) is 0.307. The van der Waals surface area contributed by atoms with Crippen molar-refractivity contribution in [3.63, 3.8) is 0 Å². The van der Waals surface area contributed by atoms with E-state index >= 15 is 4.39 Å². The number of halogens is 2. The number of allylic oxidation sites excluding steroid dienone is 1. The molecule has 2 N–H and O–H groups in total. The van der Waals surface area contributed by atoms with Gasteiger partial charge < -0.3 is 20.1 Å². The molecule has 9 nitrogen and oxygen atoms in total. The molecule has 12 heteroatoms. The number of benzene rings is 1. The molecule has 1 aromatic carbocycles. The molecule has 7 rings (SSSR count). The van der Waals surface area contributed by atoms with Gasteiger partial charge >= 0.3 is 5.97 Å². The third-order valence-electron chi connectivity index (χ3n) is 11.3. The van der Waals surface area contributed by atoms with E-state index in [1.165, 1.54) is 31.4 Å². The first-order chi connectivity index (χ1) is 23.7. The molecule has 1 saturated carbocycles. The van der Waals surface area contributed by atoms with Crippen LogP contribution in [0.15, 0.2) is 23.6 Å². The van der Waals surface area contributed by atoms with Gasteiger partial charge in [0, 0.05) is 47.5 Å². The molecular weight excluding hydrogens is 667 g/mol. The van der Waals surface area contributed by atoms with Gasteiger partial charge in [0.25, 0.3) is 5.91 Å². The Morgan fingerprint density at radius 3 is 2.55 bits per heavy atom. The number of nitrogens with one attached hydrogen (secondary N) is 1. The minimum Gasteiger partial charge on any atom is -0.481 e. The number of anilines is 1. The van der Waals surface area contributed by atoms with E-state index in [4.69, 9.17) is 16.3 Å². The van der Waals surface area contributed by atoms with Crippen molar-refractivity contribution < 1.29 is 28.6 Å². The number of carbonyl (C=O) groups excluding carboxylic acids is 2. The molecule has 0 bridgehead atoms. The fourth-order valence-electron chi connectivity index (χ4n) is 8.29. The molecule has 1 aromatic heterocycles. The molecule has 2 aliphatic carbocycles. The van der Waals surface area contributed by atoms with E-state index in [0.29, 0.717) is 50.4 Å². The summed E-state index contributed by atoms with van der Waals surface area (Å²) >= 11 is 8.12. The van der Waals surface area contributed by atoms with Crippen molar-refractivity contribution in [3.05, 3.63) is 56.0 Å². The molecular formula is C37H46ClFN4O5S. The lowest BCUT2D eigenvalue weighted by Gasteiger charge is -2.49. The van der Waals surface area contributed by atoms with Crippen LogP contribution in [0, 0.1) is 11.7 Å². The molecule has 264 valence electrons. The Balaban J connectivity index is 1.000. The van der Waals surface area contributed by atoms with Crippen molar-refractivity contribution in [1.82, 2.24) is 14.7 Å². The standard InChI is InChI=1S/C37H46ClFN4O5S/c38-31-14-24(32(39)17-33(31)40-36(45)30-22-49-34-7-3-2-6-29(30)34)15-35(44)43-20-25(42-18-27(19-42)41-12-4-1-5-13-41)16-26(43)21-48-28-10-8-23(9-11-28)37(46)47/h2,6,14,17,22-23,25-28H,1,3-5,7-13,15-16,18-21H2,(H,40,45)(H,46,47)/t23?,25-,26-,28?/m0/s1. The van der Waals surface area contributed by atoms with Gasteiger partial charge in [-0.05, 0) is 88.6 Å². The predicted octanol–water partition coefficient (Wildman–Crippen LogP) is 6.09. The largest absolute Gasteiger partial charge is 0.481 e. The van der Waals surface area contributed by atoms with Crippen LogP contribution < -0.4 is 5.32 Å². The lowest BCUT2D eigenvalue weighted by atomic mass is 9.87. The number of amides is 2. The second kappa shape index (κ2) is 15.2. The number of carboxylic acids is 1. The van der Waals surface area contributed by atoms with Crippen LogP contribution in [0.2, 0.25) is 5.02 Å². The van der Waals surface area contributed by atoms with Crippen LogP contribution >= 0.6 is 22.9 Å². The van der Waals surface area contributed by atoms with Gasteiger partial charge in [-0.3, -0.25) is 24.2 Å². The van der Waals surface area contributed by atoms with Crippen molar-refractivity contribution in [2.24, 2.45) is 5.92 Å². The summed E-state index contributed by atoms with van der Waals surface area (Å²) in [6.07, 6.45) is 12.9. The van der Waals surface area contributed by atoms with E-state index in [-0.39, 0.29) is 58.6 Å².